The van der Waals surface area contributed by atoms with Gasteiger partial charge in [-0.25, -0.2) is 0 Å². The van der Waals surface area contributed by atoms with Gasteiger partial charge in [0.1, 0.15) is 0 Å². The predicted molar refractivity (Wildman–Crippen MR) is 417 cm³/mol. The lowest BCUT2D eigenvalue weighted by atomic mass is 9.74. The molecule has 0 heterocycles. The van der Waals surface area contributed by atoms with Crippen molar-refractivity contribution in [3.8, 4) is 44.5 Å². The van der Waals surface area contributed by atoms with E-state index in [1.807, 2.05) is 0 Å². The fourth-order valence-corrected chi connectivity index (χ4v) is 17.6. The third-order valence-corrected chi connectivity index (χ3v) is 23.1. The number of rotatable bonds is 11. The molecule has 0 aliphatic heterocycles. The van der Waals surface area contributed by atoms with Gasteiger partial charge in [0.25, 0.3) is 0 Å². The molecule has 0 bridgehead atoms. The van der Waals surface area contributed by atoms with E-state index in [9.17, 15) is 0 Å². The van der Waals surface area contributed by atoms with Gasteiger partial charge >= 0.3 is 0 Å². The van der Waals surface area contributed by atoms with Crippen LogP contribution in [0.4, 0.5) is 28.4 Å². The van der Waals surface area contributed by atoms with E-state index in [1.165, 1.54) is 156 Å². The summed E-state index contributed by atoms with van der Waals surface area (Å²) in [6.45, 7) is 19.2. The van der Waals surface area contributed by atoms with E-state index in [2.05, 4.69) is 381 Å². The zero-order chi connectivity index (χ0) is 66.4. The highest BCUT2D eigenvalue weighted by atomic mass is 15.2. The second-order valence-corrected chi connectivity index (χ2v) is 30.2. The monoisotopic (exact) mass is 1260 g/mol. The first-order valence-corrected chi connectivity index (χ1v) is 35.0. The number of benzene rings is 13. The molecule has 2 nitrogen and oxygen atoms in total. The van der Waals surface area contributed by atoms with Gasteiger partial charge in [-0.2, -0.15) is 0 Å². The van der Waals surface area contributed by atoms with Gasteiger partial charge in [-0.15, -0.1) is 0 Å². The Morgan fingerprint density at radius 3 is 1.15 bits per heavy atom. The van der Waals surface area contributed by atoms with Crippen molar-refractivity contribution in [3.05, 3.63) is 364 Å². The maximum absolute atomic E-state index is 2.56. The van der Waals surface area contributed by atoms with Crippen molar-refractivity contribution in [2.24, 2.45) is 5.92 Å². The summed E-state index contributed by atoms with van der Waals surface area (Å²) >= 11 is 0. The van der Waals surface area contributed by atoms with Gasteiger partial charge in [-0.05, 0) is 211 Å². The first kappa shape index (κ1) is 59.4. The lowest BCUT2D eigenvalue weighted by molar-refractivity contribution is 0.392. The van der Waals surface area contributed by atoms with Gasteiger partial charge in [-0.3, -0.25) is 0 Å². The van der Waals surface area contributed by atoms with Crippen LogP contribution in [0.3, 0.4) is 0 Å². The van der Waals surface area contributed by atoms with Crippen molar-refractivity contribution in [1.29, 1.82) is 0 Å². The molecule has 0 N–H and O–H groups in total. The van der Waals surface area contributed by atoms with Crippen molar-refractivity contribution in [3.63, 3.8) is 0 Å². The number of allylic oxidation sites excluding steroid dienone is 3. The molecule has 18 rings (SSSR count). The third-order valence-electron chi connectivity index (χ3n) is 23.1. The van der Waals surface area contributed by atoms with Crippen LogP contribution >= 0.6 is 0 Å². The first-order valence-electron chi connectivity index (χ1n) is 35.0. The molecule has 0 spiro atoms. The molecule has 13 aromatic rings. The molecule has 0 amide bonds. The maximum atomic E-state index is 2.56. The molecule has 13 aromatic carbocycles. The van der Waals surface area contributed by atoms with Crippen LogP contribution in [0.25, 0.3) is 90.4 Å². The summed E-state index contributed by atoms with van der Waals surface area (Å²) in [6, 6.07) is 103. The summed E-state index contributed by atoms with van der Waals surface area (Å²) < 4.78 is 0. The molecule has 0 aromatic heterocycles. The van der Waals surface area contributed by atoms with Crippen LogP contribution < -0.4 is 9.80 Å². The molecule has 5 aliphatic carbocycles. The normalized spacial score (nSPS) is 17.2. The highest BCUT2D eigenvalue weighted by Gasteiger charge is 2.46. The van der Waals surface area contributed by atoms with E-state index in [0.717, 1.165) is 11.4 Å². The Kier molecular flexibility index (Phi) is 13.5. The molecule has 0 radical (unpaired) electrons. The second-order valence-electron chi connectivity index (χ2n) is 30.2. The van der Waals surface area contributed by atoms with Crippen molar-refractivity contribution in [2.45, 2.75) is 83.0 Å². The maximum Gasteiger partial charge on any atom is 0.0468 e. The summed E-state index contributed by atoms with van der Waals surface area (Å²) in [6.07, 6.45) is 16.5. The molecule has 98 heavy (non-hydrogen) atoms. The van der Waals surface area contributed by atoms with E-state index in [1.54, 1.807) is 0 Å². The quantitative estimate of drug-likeness (QED) is 0.119. The van der Waals surface area contributed by atoms with E-state index < -0.39 is 0 Å². The highest BCUT2D eigenvalue weighted by Crippen LogP contribution is 2.57. The van der Waals surface area contributed by atoms with Crippen molar-refractivity contribution < 1.29 is 0 Å². The van der Waals surface area contributed by atoms with Crippen LogP contribution in [0.2, 0.25) is 0 Å². The smallest absolute Gasteiger partial charge is 0.0468 e. The summed E-state index contributed by atoms with van der Waals surface area (Å²) in [7, 11) is 0. The minimum atomic E-state index is -0.214. The largest absolute Gasteiger partial charge is 0.311 e. The van der Waals surface area contributed by atoms with Crippen LogP contribution in [0.1, 0.15) is 128 Å². The van der Waals surface area contributed by atoms with Crippen LogP contribution in [-0.2, 0) is 21.7 Å². The standard InChI is InChI=1S/C96H78N2/c1-93(2)85-23-15-13-21-77(85)81-49-43-73(57-89(81)93)97(71-41-39-65-17-9-11-19-69(65)55-71)75-45-51-83-79-47-33-63(53-87(79)95(5,6)91(83)59-75)27-25-61-29-35-67(36-30-61)68-37-31-62(32-38-68)26-28-64-34-48-80-84-52-46-76(60-92(84)96(7,8)88(80)54-64)98(72-42-40-66-18-10-12-20-70(66)56-72)74-44-50-82-78-22-14-16-24-86(78)94(3,4)90(82)58-74/h9-60,81,89H,1-8H3. The Morgan fingerprint density at radius 2 is 0.643 bits per heavy atom. The number of fused-ring (bicyclic) bond motifs is 14. The number of hydrogen-bond acceptors (Lipinski definition) is 2. The topological polar surface area (TPSA) is 6.48 Å². The molecule has 0 saturated carbocycles. The van der Waals surface area contributed by atoms with E-state index in [4.69, 9.17) is 0 Å². The number of hydrogen-bond donors (Lipinski definition) is 0. The molecule has 2 unspecified atom stereocenters. The van der Waals surface area contributed by atoms with Gasteiger partial charge in [0.15, 0.2) is 0 Å². The second kappa shape index (κ2) is 22.2. The van der Waals surface area contributed by atoms with Crippen LogP contribution in [-0.4, -0.2) is 0 Å². The van der Waals surface area contributed by atoms with Gasteiger partial charge in [-0.1, -0.05) is 304 Å². The number of nitrogens with zero attached hydrogens (tertiary/aromatic N) is 2. The SMILES string of the molecule is CC1(C)c2cc(C=Cc3ccc(-c4ccc(C=Cc5ccc6c(c5)C(C)(C)c5cc(N(c7ccc8c(c7)C(C)(C)c7ccccc7-8)c7ccc8ccccc8c7)ccc5-6)cc4)cc3)ccc2-c2ccc(N(C3=CC4C(C=C3)c3ccccc3C4(C)C)c3ccc4ccccc4c3)cc21. The zero-order valence-corrected chi connectivity index (χ0v) is 57.1. The fraction of sp³-hybridized carbons (Fsp3) is 0.146. The Labute approximate surface area is 577 Å². The van der Waals surface area contributed by atoms with Gasteiger partial charge < -0.3 is 9.80 Å². The van der Waals surface area contributed by atoms with E-state index >= 15 is 0 Å². The summed E-state index contributed by atoms with van der Waals surface area (Å²) in [5, 5.41) is 4.96. The summed E-state index contributed by atoms with van der Waals surface area (Å²) in [4.78, 5) is 4.97. The van der Waals surface area contributed by atoms with Gasteiger partial charge in [0.2, 0.25) is 0 Å². The van der Waals surface area contributed by atoms with Crippen LogP contribution in [0, 0.1) is 5.92 Å². The minimum absolute atomic E-state index is 0.00813. The molecule has 5 aliphatic rings. The number of anilines is 5. The summed E-state index contributed by atoms with van der Waals surface area (Å²) in [5.41, 5.74) is 32.7. The average molecular weight is 1260 g/mol. The zero-order valence-electron chi connectivity index (χ0n) is 57.1. The minimum Gasteiger partial charge on any atom is -0.311 e. The molecule has 472 valence electrons. The summed E-state index contributed by atoms with van der Waals surface area (Å²) in [5.74, 6) is 0.714. The molecule has 2 atom stereocenters. The lowest BCUT2D eigenvalue weighted by Crippen LogP contribution is -2.28. The molecular formula is C96H78N2. The van der Waals surface area contributed by atoms with Crippen molar-refractivity contribution in [1.82, 2.24) is 0 Å². The molecule has 0 fully saturated rings. The lowest BCUT2D eigenvalue weighted by Gasteiger charge is -2.35. The molecular weight excluding hydrogens is 1180 g/mol. The van der Waals surface area contributed by atoms with Gasteiger partial charge in [0, 0.05) is 56.3 Å². The van der Waals surface area contributed by atoms with Crippen molar-refractivity contribution >= 4 is 74.3 Å². The van der Waals surface area contributed by atoms with E-state index in [-0.39, 0.29) is 21.7 Å². The van der Waals surface area contributed by atoms with Crippen molar-refractivity contribution in [2.75, 3.05) is 9.80 Å². The third kappa shape index (κ3) is 9.50. The molecule has 2 heteroatoms. The Bertz CT molecular complexity index is 5580. The Balaban J connectivity index is 0.565. The van der Waals surface area contributed by atoms with Crippen LogP contribution in [0.15, 0.2) is 297 Å². The fourth-order valence-electron chi connectivity index (χ4n) is 17.6. The van der Waals surface area contributed by atoms with E-state index in [0.29, 0.717) is 11.8 Å². The van der Waals surface area contributed by atoms with Crippen LogP contribution in [0.5, 0.6) is 0 Å². The predicted octanol–water partition coefficient (Wildman–Crippen LogP) is 25.7. The first-order chi connectivity index (χ1) is 47.5. The molecule has 0 saturated heterocycles. The Hall–Kier alpha value is -11.1. The average Bonchev–Trinajstić information content (AvgIpc) is 1.58. The Morgan fingerprint density at radius 1 is 0.286 bits per heavy atom. The van der Waals surface area contributed by atoms with Gasteiger partial charge in [0.05, 0.1) is 0 Å². The highest BCUT2D eigenvalue weighted by molar-refractivity contribution is 5.94.